The lowest BCUT2D eigenvalue weighted by atomic mass is 10.1. The van der Waals surface area contributed by atoms with Crippen molar-refractivity contribution in [3.05, 3.63) is 94.7 Å². The molecule has 1 N–H and O–H groups in total. The van der Waals surface area contributed by atoms with Crippen LogP contribution in [0.1, 0.15) is 27.9 Å². The first kappa shape index (κ1) is 22.0. The molecule has 0 spiro atoms. The van der Waals surface area contributed by atoms with Gasteiger partial charge in [-0.15, -0.1) is 0 Å². The molecule has 0 fully saturated rings. The monoisotopic (exact) mass is 438 g/mol. The van der Waals surface area contributed by atoms with Crippen LogP contribution in [-0.4, -0.2) is 25.0 Å². The molecule has 0 aliphatic rings. The highest BCUT2D eigenvalue weighted by Gasteiger charge is 2.13. The first-order valence-corrected chi connectivity index (χ1v) is 10.7. The van der Waals surface area contributed by atoms with Crippen molar-refractivity contribution in [3.8, 4) is 17.6 Å². The smallest absolute Gasteiger partial charge is 0.161 e. The number of nitrogens with one attached hydrogen (secondary N) is 1. The standard InChI is InChI=1S/C27H26N4O2/c1-19-24(17-30-29-16-21-11-12-26(32-2)27(14-21)33-3)23-9-4-5-10-25(23)31(19)18-22-8-6-7-20(13-22)15-28/h4-14,17,29H,16,18H2,1-3H3/b30-17-. The first-order chi connectivity index (χ1) is 16.1. The number of fused-ring (bicyclic) bond motifs is 1. The number of ether oxygens (including phenoxy) is 2. The lowest BCUT2D eigenvalue weighted by Crippen LogP contribution is -2.06. The van der Waals surface area contributed by atoms with Gasteiger partial charge in [0, 0.05) is 28.7 Å². The van der Waals surface area contributed by atoms with E-state index in [0.29, 0.717) is 30.2 Å². The largest absolute Gasteiger partial charge is 0.493 e. The summed E-state index contributed by atoms with van der Waals surface area (Å²) in [5, 5.41) is 14.9. The summed E-state index contributed by atoms with van der Waals surface area (Å²) < 4.78 is 12.9. The van der Waals surface area contributed by atoms with Crippen LogP contribution in [0.3, 0.4) is 0 Å². The van der Waals surface area contributed by atoms with E-state index in [1.54, 1.807) is 14.2 Å². The van der Waals surface area contributed by atoms with E-state index in [0.717, 1.165) is 33.3 Å². The summed E-state index contributed by atoms with van der Waals surface area (Å²) in [5.41, 5.74) is 9.26. The number of methoxy groups -OCH3 is 2. The van der Waals surface area contributed by atoms with Gasteiger partial charge in [-0.1, -0.05) is 36.4 Å². The van der Waals surface area contributed by atoms with Crippen molar-refractivity contribution in [2.75, 3.05) is 14.2 Å². The molecule has 6 nitrogen and oxygen atoms in total. The Morgan fingerprint density at radius 1 is 0.970 bits per heavy atom. The van der Waals surface area contributed by atoms with Gasteiger partial charge in [0.15, 0.2) is 11.5 Å². The fourth-order valence-corrected chi connectivity index (χ4v) is 3.98. The summed E-state index contributed by atoms with van der Waals surface area (Å²) >= 11 is 0. The van der Waals surface area contributed by atoms with E-state index in [2.05, 4.69) is 40.2 Å². The zero-order valence-corrected chi connectivity index (χ0v) is 19.0. The molecule has 0 aliphatic carbocycles. The van der Waals surface area contributed by atoms with Gasteiger partial charge in [-0.2, -0.15) is 10.4 Å². The van der Waals surface area contributed by atoms with E-state index in [-0.39, 0.29) is 0 Å². The molecule has 0 saturated carbocycles. The molecule has 0 amide bonds. The molecule has 6 heteroatoms. The Labute approximate surface area is 193 Å². The Morgan fingerprint density at radius 2 is 1.79 bits per heavy atom. The predicted molar refractivity (Wildman–Crippen MR) is 131 cm³/mol. The third-order valence-electron chi connectivity index (χ3n) is 5.69. The number of hydrogen-bond acceptors (Lipinski definition) is 5. The lowest BCUT2D eigenvalue weighted by molar-refractivity contribution is 0.354. The number of rotatable bonds is 8. The van der Waals surface area contributed by atoms with Crippen LogP contribution < -0.4 is 14.9 Å². The Kier molecular flexibility index (Phi) is 6.61. The minimum atomic E-state index is 0.565. The van der Waals surface area contributed by atoms with E-state index in [1.165, 1.54) is 0 Å². The molecule has 0 aliphatic heterocycles. The van der Waals surface area contributed by atoms with Gasteiger partial charge in [-0.25, -0.2) is 0 Å². The Morgan fingerprint density at radius 3 is 2.58 bits per heavy atom. The van der Waals surface area contributed by atoms with Crippen LogP contribution in [0.5, 0.6) is 11.5 Å². The van der Waals surface area contributed by atoms with Crippen molar-refractivity contribution < 1.29 is 9.47 Å². The van der Waals surface area contributed by atoms with Crippen LogP contribution in [0.25, 0.3) is 10.9 Å². The van der Waals surface area contributed by atoms with Crippen molar-refractivity contribution in [1.82, 2.24) is 9.99 Å². The molecule has 0 radical (unpaired) electrons. The maximum Gasteiger partial charge on any atom is 0.161 e. The molecule has 0 unspecified atom stereocenters. The zero-order chi connectivity index (χ0) is 23.2. The SMILES string of the molecule is COc1ccc(CN/N=C\c2c(C)n(Cc3cccc(C#N)c3)c3ccccc23)cc1OC. The van der Waals surface area contributed by atoms with E-state index in [9.17, 15) is 5.26 Å². The number of benzene rings is 3. The predicted octanol–water partition coefficient (Wildman–Crippen LogP) is 5.01. The number of para-hydroxylation sites is 1. The molecule has 166 valence electrons. The Balaban J connectivity index is 1.56. The maximum absolute atomic E-state index is 9.22. The molecule has 33 heavy (non-hydrogen) atoms. The second-order valence-corrected chi connectivity index (χ2v) is 7.70. The average molecular weight is 439 g/mol. The van der Waals surface area contributed by atoms with Crippen LogP contribution in [0.4, 0.5) is 0 Å². The fraction of sp³-hybridized carbons (Fsp3) is 0.185. The van der Waals surface area contributed by atoms with Gasteiger partial charge >= 0.3 is 0 Å². The molecule has 1 aromatic heterocycles. The number of hydrazone groups is 1. The van der Waals surface area contributed by atoms with Gasteiger partial charge in [0.05, 0.1) is 38.6 Å². The molecular formula is C27H26N4O2. The van der Waals surface area contributed by atoms with Crippen molar-refractivity contribution in [2.45, 2.75) is 20.0 Å². The van der Waals surface area contributed by atoms with Crippen molar-refractivity contribution in [2.24, 2.45) is 5.10 Å². The summed E-state index contributed by atoms with van der Waals surface area (Å²) in [4.78, 5) is 0. The summed E-state index contributed by atoms with van der Waals surface area (Å²) in [6.07, 6.45) is 1.88. The number of nitrogens with zero attached hydrogens (tertiary/aromatic N) is 3. The number of nitriles is 1. The number of aromatic nitrogens is 1. The third-order valence-corrected chi connectivity index (χ3v) is 5.69. The molecule has 1 heterocycles. The summed E-state index contributed by atoms with van der Waals surface area (Å²) in [5.74, 6) is 1.40. The topological polar surface area (TPSA) is 71.6 Å². The lowest BCUT2D eigenvalue weighted by Gasteiger charge is -2.09. The van der Waals surface area contributed by atoms with Gasteiger partial charge in [-0.3, -0.25) is 0 Å². The summed E-state index contributed by atoms with van der Waals surface area (Å²) in [6.45, 7) is 3.36. The van der Waals surface area contributed by atoms with E-state index < -0.39 is 0 Å². The minimum absolute atomic E-state index is 0.565. The average Bonchev–Trinajstić information content (AvgIpc) is 3.12. The normalized spacial score (nSPS) is 11.0. The number of hydrogen-bond donors (Lipinski definition) is 1. The fourth-order valence-electron chi connectivity index (χ4n) is 3.98. The van der Waals surface area contributed by atoms with Gasteiger partial charge in [0.1, 0.15) is 0 Å². The van der Waals surface area contributed by atoms with Gasteiger partial charge < -0.3 is 19.5 Å². The molecular weight excluding hydrogens is 412 g/mol. The molecule has 4 aromatic rings. The van der Waals surface area contributed by atoms with Crippen LogP contribution in [0.15, 0.2) is 71.8 Å². The second-order valence-electron chi connectivity index (χ2n) is 7.70. The molecule has 0 saturated heterocycles. The van der Waals surface area contributed by atoms with Crippen molar-refractivity contribution in [3.63, 3.8) is 0 Å². The third kappa shape index (κ3) is 4.68. The molecule has 0 atom stereocenters. The Hall–Kier alpha value is -4.24. The summed E-state index contributed by atoms with van der Waals surface area (Å²) in [7, 11) is 3.25. The van der Waals surface area contributed by atoms with E-state index in [1.807, 2.05) is 60.8 Å². The van der Waals surface area contributed by atoms with Crippen LogP contribution in [0, 0.1) is 18.3 Å². The van der Waals surface area contributed by atoms with Crippen LogP contribution in [0.2, 0.25) is 0 Å². The van der Waals surface area contributed by atoms with Crippen molar-refractivity contribution >= 4 is 17.1 Å². The quantitative estimate of drug-likeness (QED) is 0.310. The van der Waals surface area contributed by atoms with Gasteiger partial charge in [0.2, 0.25) is 0 Å². The first-order valence-electron chi connectivity index (χ1n) is 10.7. The van der Waals surface area contributed by atoms with Crippen LogP contribution in [-0.2, 0) is 13.1 Å². The zero-order valence-electron chi connectivity index (χ0n) is 19.0. The molecule has 0 bridgehead atoms. The van der Waals surface area contributed by atoms with E-state index in [4.69, 9.17) is 9.47 Å². The highest BCUT2D eigenvalue weighted by Crippen LogP contribution is 2.28. The highest BCUT2D eigenvalue weighted by atomic mass is 16.5. The van der Waals surface area contributed by atoms with Gasteiger partial charge in [0.25, 0.3) is 0 Å². The van der Waals surface area contributed by atoms with Gasteiger partial charge in [-0.05, 0) is 48.4 Å². The molecule has 4 rings (SSSR count). The maximum atomic E-state index is 9.22. The van der Waals surface area contributed by atoms with Crippen LogP contribution >= 0.6 is 0 Å². The Bertz CT molecular complexity index is 1350. The molecule has 3 aromatic carbocycles. The van der Waals surface area contributed by atoms with E-state index >= 15 is 0 Å². The summed E-state index contributed by atoms with van der Waals surface area (Å²) in [6, 6.07) is 24.1. The minimum Gasteiger partial charge on any atom is -0.493 e. The van der Waals surface area contributed by atoms with Crippen molar-refractivity contribution in [1.29, 1.82) is 5.26 Å². The highest BCUT2D eigenvalue weighted by molar-refractivity contribution is 6.01. The second kappa shape index (κ2) is 9.92.